The van der Waals surface area contributed by atoms with Gasteiger partial charge >= 0.3 is 6.03 Å². The highest BCUT2D eigenvalue weighted by Crippen LogP contribution is 2.53. The maximum Gasteiger partial charge on any atom is 0.318 e. The monoisotopic (exact) mass is 387 g/mol. The fourth-order valence-corrected chi connectivity index (χ4v) is 5.31. The Balaban J connectivity index is 1.57. The second-order valence-corrected chi connectivity index (χ2v) is 8.23. The number of aliphatic hydroxyl groups excluding tert-OH is 1. The van der Waals surface area contributed by atoms with E-state index in [0.717, 1.165) is 31.2 Å². The van der Waals surface area contributed by atoms with E-state index in [0.29, 0.717) is 13.1 Å². The summed E-state index contributed by atoms with van der Waals surface area (Å²) in [6.07, 6.45) is 4.31. The minimum Gasteiger partial charge on any atom is -0.394 e. The molecule has 1 spiro atoms. The zero-order valence-corrected chi connectivity index (χ0v) is 16.3. The van der Waals surface area contributed by atoms with Crippen LogP contribution in [0.15, 0.2) is 30.3 Å². The van der Waals surface area contributed by atoms with Gasteiger partial charge in [-0.2, -0.15) is 0 Å². The summed E-state index contributed by atoms with van der Waals surface area (Å²) in [6, 6.07) is 9.83. The first kappa shape index (κ1) is 19.2. The lowest BCUT2D eigenvalue weighted by molar-refractivity contribution is -0.179. The minimum absolute atomic E-state index is 0.0135. The zero-order chi connectivity index (χ0) is 19.7. The van der Waals surface area contributed by atoms with Gasteiger partial charge < -0.3 is 25.0 Å². The summed E-state index contributed by atoms with van der Waals surface area (Å²) in [7, 11) is 1.51. The lowest BCUT2D eigenvalue weighted by atomic mass is 9.61. The summed E-state index contributed by atoms with van der Waals surface area (Å²) >= 11 is 0. The molecule has 3 fully saturated rings. The van der Waals surface area contributed by atoms with Crippen LogP contribution in [0.5, 0.6) is 0 Å². The van der Waals surface area contributed by atoms with Gasteiger partial charge in [0.2, 0.25) is 5.91 Å². The van der Waals surface area contributed by atoms with E-state index >= 15 is 0 Å². The minimum atomic E-state index is -0.458. The van der Waals surface area contributed by atoms with Crippen LogP contribution in [0.1, 0.15) is 37.2 Å². The molecular formula is C21H29N3O4. The molecule has 1 aromatic carbocycles. The number of amides is 3. The predicted octanol–water partition coefficient (Wildman–Crippen LogP) is 1.33. The molecule has 2 aliphatic heterocycles. The number of hydrogen-bond donors (Lipinski definition) is 2. The fraction of sp³-hybridized carbons (Fsp3) is 0.619. The number of aliphatic hydroxyl groups is 1. The highest BCUT2D eigenvalue weighted by atomic mass is 16.5. The Hall–Kier alpha value is -2.12. The van der Waals surface area contributed by atoms with Crippen LogP contribution in [0, 0.1) is 0 Å². The first-order valence-corrected chi connectivity index (χ1v) is 10.1. The van der Waals surface area contributed by atoms with Crippen LogP contribution in [0.2, 0.25) is 0 Å². The first-order chi connectivity index (χ1) is 13.6. The molecule has 4 rings (SSSR count). The van der Waals surface area contributed by atoms with Crippen LogP contribution in [0.25, 0.3) is 0 Å². The molecule has 2 heterocycles. The van der Waals surface area contributed by atoms with E-state index in [1.165, 1.54) is 7.11 Å². The number of benzene rings is 1. The maximum absolute atomic E-state index is 13.1. The molecule has 0 unspecified atom stereocenters. The van der Waals surface area contributed by atoms with Crippen molar-refractivity contribution in [2.24, 2.45) is 0 Å². The van der Waals surface area contributed by atoms with Crippen LogP contribution in [0.4, 0.5) is 4.79 Å². The predicted molar refractivity (Wildman–Crippen MR) is 104 cm³/mol. The molecule has 7 heteroatoms. The molecule has 3 aliphatic rings. The van der Waals surface area contributed by atoms with Crippen LogP contribution in [-0.4, -0.2) is 77.9 Å². The highest BCUT2D eigenvalue weighted by Gasteiger charge is 2.68. The second-order valence-electron chi connectivity index (χ2n) is 8.23. The molecule has 28 heavy (non-hydrogen) atoms. The number of nitrogens with one attached hydrogen (secondary N) is 1. The van der Waals surface area contributed by atoms with Crippen molar-refractivity contribution in [3.63, 3.8) is 0 Å². The number of rotatable bonds is 5. The van der Waals surface area contributed by atoms with Crippen LogP contribution in [-0.2, 0) is 9.53 Å². The molecule has 0 bridgehead atoms. The van der Waals surface area contributed by atoms with Crippen molar-refractivity contribution >= 4 is 11.9 Å². The quantitative estimate of drug-likeness (QED) is 0.799. The van der Waals surface area contributed by atoms with Crippen molar-refractivity contribution in [3.8, 4) is 0 Å². The van der Waals surface area contributed by atoms with E-state index in [4.69, 9.17) is 4.74 Å². The summed E-state index contributed by atoms with van der Waals surface area (Å²) in [5.74, 6) is -0.0526. The van der Waals surface area contributed by atoms with Gasteiger partial charge in [-0.05, 0) is 18.4 Å². The van der Waals surface area contributed by atoms with Crippen molar-refractivity contribution in [2.45, 2.75) is 49.2 Å². The van der Waals surface area contributed by atoms with Crippen molar-refractivity contribution in [1.82, 2.24) is 15.1 Å². The topological polar surface area (TPSA) is 82.1 Å². The largest absolute Gasteiger partial charge is 0.394 e. The Kier molecular flexibility index (Phi) is 5.29. The van der Waals surface area contributed by atoms with E-state index in [9.17, 15) is 14.7 Å². The summed E-state index contributed by atoms with van der Waals surface area (Å²) in [5.41, 5.74) is 0.645. The smallest absolute Gasteiger partial charge is 0.318 e. The molecule has 0 radical (unpaired) electrons. The number of ether oxygens (including phenoxy) is 1. The lowest BCUT2D eigenvalue weighted by Gasteiger charge is -2.70. The summed E-state index contributed by atoms with van der Waals surface area (Å²) < 4.78 is 4.97. The first-order valence-electron chi connectivity index (χ1n) is 10.1. The van der Waals surface area contributed by atoms with Gasteiger partial charge in [0.15, 0.2) is 0 Å². The summed E-state index contributed by atoms with van der Waals surface area (Å²) in [4.78, 5) is 28.9. The van der Waals surface area contributed by atoms with Crippen molar-refractivity contribution in [1.29, 1.82) is 0 Å². The zero-order valence-electron chi connectivity index (χ0n) is 16.3. The Morgan fingerprint density at radius 3 is 2.50 bits per heavy atom. The van der Waals surface area contributed by atoms with E-state index in [2.05, 4.69) is 5.32 Å². The normalized spacial score (nSPS) is 26.1. The van der Waals surface area contributed by atoms with E-state index in [1.807, 2.05) is 30.3 Å². The molecule has 1 aliphatic carbocycles. The van der Waals surface area contributed by atoms with Crippen LogP contribution >= 0.6 is 0 Å². The molecule has 7 nitrogen and oxygen atoms in total. The summed E-state index contributed by atoms with van der Waals surface area (Å²) in [5, 5.41) is 13.2. The molecule has 1 saturated carbocycles. The van der Waals surface area contributed by atoms with Gasteiger partial charge in [0.05, 0.1) is 18.2 Å². The van der Waals surface area contributed by atoms with E-state index in [-0.39, 0.29) is 43.2 Å². The summed E-state index contributed by atoms with van der Waals surface area (Å²) in [6.45, 7) is 0.905. The number of urea groups is 1. The number of likely N-dealkylation sites (tertiary alicyclic amines) is 2. The van der Waals surface area contributed by atoms with Crippen molar-refractivity contribution in [3.05, 3.63) is 35.9 Å². The Morgan fingerprint density at radius 1 is 1.21 bits per heavy atom. The van der Waals surface area contributed by atoms with Crippen LogP contribution in [0.3, 0.4) is 0 Å². The molecule has 1 aromatic rings. The van der Waals surface area contributed by atoms with Gasteiger partial charge in [0, 0.05) is 32.2 Å². The number of carbonyl (C=O) groups is 2. The third-order valence-electron chi connectivity index (χ3n) is 6.57. The number of hydrogen-bond acceptors (Lipinski definition) is 4. The molecule has 152 valence electrons. The van der Waals surface area contributed by atoms with Gasteiger partial charge in [0.1, 0.15) is 6.61 Å². The standard InChI is InChI=1S/C21H29N3O4/c1-28-12-18(26)23-13-21(14-23)19(15-7-3-2-4-8-15)17(11-25)24(21)20(27)22-16-9-5-6-10-16/h2-4,7-8,16-17,19,25H,5-6,9-14H2,1H3,(H,22,27)/t17-,19-/m1/s1. The van der Waals surface area contributed by atoms with E-state index < -0.39 is 5.54 Å². The molecule has 0 aromatic heterocycles. The van der Waals surface area contributed by atoms with Crippen LogP contribution < -0.4 is 5.32 Å². The second kappa shape index (κ2) is 7.72. The van der Waals surface area contributed by atoms with Gasteiger partial charge in [-0.1, -0.05) is 43.2 Å². The average Bonchev–Trinajstić information content (AvgIpc) is 3.14. The Morgan fingerprint density at radius 2 is 1.89 bits per heavy atom. The lowest BCUT2D eigenvalue weighted by Crippen LogP contribution is -2.87. The third-order valence-corrected chi connectivity index (χ3v) is 6.57. The van der Waals surface area contributed by atoms with Gasteiger partial charge in [-0.3, -0.25) is 4.79 Å². The number of carbonyl (C=O) groups excluding carboxylic acids is 2. The molecule has 2 saturated heterocycles. The van der Waals surface area contributed by atoms with Gasteiger partial charge in [0.25, 0.3) is 0 Å². The molecule has 2 atom stereocenters. The fourth-order valence-electron chi connectivity index (χ4n) is 5.31. The number of methoxy groups -OCH3 is 1. The third kappa shape index (κ3) is 3.06. The van der Waals surface area contributed by atoms with Gasteiger partial charge in [-0.25, -0.2) is 4.79 Å². The Labute approximate surface area is 165 Å². The molecule has 2 N–H and O–H groups in total. The van der Waals surface area contributed by atoms with Crippen molar-refractivity contribution in [2.75, 3.05) is 33.4 Å². The molecule has 3 amide bonds. The molecular weight excluding hydrogens is 358 g/mol. The average molecular weight is 387 g/mol. The maximum atomic E-state index is 13.1. The highest BCUT2D eigenvalue weighted by molar-refractivity contribution is 5.82. The van der Waals surface area contributed by atoms with E-state index in [1.54, 1.807) is 9.80 Å². The van der Waals surface area contributed by atoms with Crippen molar-refractivity contribution < 1.29 is 19.4 Å². The van der Waals surface area contributed by atoms with Gasteiger partial charge in [-0.15, -0.1) is 0 Å². The SMILES string of the molecule is COCC(=O)N1CC2(C1)[C@H](c1ccccc1)[C@@H](CO)N2C(=O)NC1CCCC1. The Bertz CT molecular complexity index is 714. The number of nitrogens with zero attached hydrogens (tertiary/aromatic N) is 2.